The molecule has 0 unspecified atom stereocenters. The van der Waals surface area contributed by atoms with Gasteiger partial charge in [-0.2, -0.15) is 0 Å². The third kappa shape index (κ3) is 0.871. The molecule has 0 aromatic heterocycles. The Morgan fingerprint density at radius 1 is 1.45 bits per heavy atom. The number of hydrogen-bond acceptors (Lipinski definition) is 2. The zero-order valence-corrected chi connectivity index (χ0v) is 6.25. The smallest absolute Gasteiger partial charge is 0.0920 e. The summed E-state index contributed by atoms with van der Waals surface area (Å²) in [5.41, 5.74) is 2.40. The monoisotopic (exact) mass is 146 g/mol. The van der Waals surface area contributed by atoms with Gasteiger partial charge in [0.1, 0.15) is 0 Å². The average molecular weight is 146 g/mol. The Labute approximate surface area is 66.1 Å². The van der Waals surface area contributed by atoms with Crippen LogP contribution in [0.15, 0.2) is 37.0 Å². The van der Waals surface area contributed by atoms with Crippen molar-refractivity contribution in [2.45, 2.75) is 0 Å². The zero-order valence-electron chi connectivity index (χ0n) is 6.25. The zero-order chi connectivity index (χ0) is 7.68. The van der Waals surface area contributed by atoms with Crippen molar-refractivity contribution >= 4 is 11.4 Å². The maximum absolute atomic E-state index is 3.73. The van der Waals surface area contributed by atoms with Crippen molar-refractivity contribution < 1.29 is 0 Å². The molecule has 0 bridgehead atoms. The summed E-state index contributed by atoms with van der Waals surface area (Å²) in [4.78, 5) is 2.08. The SMILES string of the molecule is C=CN1CNc2ccccc21. The van der Waals surface area contributed by atoms with Crippen LogP contribution in [0.5, 0.6) is 0 Å². The second-order valence-electron chi connectivity index (χ2n) is 2.50. The van der Waals surface area contributed by atoms with Crippen LogP contribution >= 0.6 is 0 Å². The lowest BCUT2D eigenvalue weighted by Gasteiger charge is -2.09. The van der Waals surface area contributed by atoms with Crippen molar-refractivity contribution in [3.63, 3.8) is 0 Å². The summed E-state index contributed by atoms with van der Waals surface area (Å²) in [6, 6.07) is 8.20. The Kier molecular flexibility index (Phi) is 1.32. The largest absolute Gasteiger partial charge is 0.366 e. The lowest BCUT2D eigenvalue weighted by Crippen LogP contribution is -2.14. The second-order valence-corrected chi connectivity index (χ2v) is 2.50. The van der Waals surface area contributed by atoms with E-state index in [0.29, 0.717) is 0 Å². The molecule has 2 nitrogen and oxygen atoms in total. The third-order valence-corrected chi connectivity index (χ3v) is 1.87. The standard InChI is InChI=1S/C9H10N2/c1-2-11-7-10-8-5-3-4-6-9(8)11/h2-6,10H,1,7H2. The molecule has 2 heteroatoms. The first kappa shape index (κ1) is 6.28. The number of nitrogens with zero attached hydrogens (tertiary/aromatic N) is 1. The quantitative estimate of drug-likeness (QED) is 0.652. The predicted octanol–water partition coefficient (Wildman–Crippen LogP) is 2.02. The summed E-state index contributed by atoms with van der Waals surface area (Å²) in [7, 11) is 0. The first-order valence-electron chi connectivity index (χ1n) is 3.64. The van der Waals surface area contributed by atoms with Gasteiger partial charge >= 0.3 is 0 Å². The molecule has 1 N–H and O–H groups in total. The van der Waals surface area contributed by atoms with Crippen LogP contribution in [0.1, 0.15) is 0 Å². The minimum atomic E-state index is 0.836. The van der Waals surface area contributed by atoms with Crippen LogP contribution in [-0.4, -0.2) is 6.67 Å². The molecule has 1 aromatic carbocycles. The summed E-state index contributed by atoms with van der Waals surface area (Å²) in [5.74, 6) is 0. The molecule has 1 aliphatic heterocycles. The van der Waals surface area contributed by atoms with E-state index in [0.717, 1.165) is 6.67 Å². The van der Waals surface area contributed by atoms with Crippen LogP contribution in [0, 0.1) is 0 Å². The van der Waals surface area contributed by atoms with E-state index in [1.165, 1.54) is 11.4 Å². The van der Waals surface area contributed by atoms with Gasteiger partial charge < -0.3 is 10.2 Å². The molecule has 1 heterocycles. The molecule has 0 aliphatic carbocycles. The van der Waals surface area contributed by atoms with Gasteiger partial charge in [-0.15, -0.1) is 0 Å². The summed E-state index contributed by atoms with van der Waals surface area (Å²) in [6.07, 6.45) is 1.83. The van der Waals surface area contributed by atoms with Gasteiger partial charge in [0.05, 0.1) is 18.0 Å². The van der Waals surface area contributed by atoms with Gasteiger partial charge in [0.15, 0.2) is 0 Å². The highest BCUT2D eigenvalue weighted by molar-refractivity contribution is 5.75. The summed E-state index contributed by atoms with van der Waals surface area (Å²) < 4.78 is 0. The Morgan fingerprint density at radius 3 is 3.09 bits per heavy atom. The van der Waals surface area contributed by atoms with E-state index in [1.54, 1.807) is 0 Å². The molecule has 0 radical (unpaired) electrons. The van der Waals surface area contributed by atoms with Crippen molar-refractivity contribution in [3.05, 3.63) is 37.0 Å². The molecule has 1 aliphatic rings. The molecule has 0 atom stereocenters. The molecular formula is C9H10N2. The predicted molar refractivity (Wildman–Crippen MR) is 47.6 cm³/mol. The number of hydrogen-bond donors (Lipinski definition) is 1. The van der Waals surface area contributed by atoms with Crippen LogP contribution in [0.4, 0.5) is 11.4 Å². The van der Waals surface area contributed by atoms with Crippen molar-refractivity contribution in [2.24, 2.45) is 0 Å². The fraction of sp³-hybridized carbons (Fsp3) is 0.111. The lowest BCUT2D eigenvalue weighted by atomic mass is 10.3. The number of rotatable bonds is 1. The first-order valence-corrected chi connectivity index (χ1v) is 3.64. The number of para-hydroxylation sites is 2. The molecule has 0 saturated heterocycles. The van der Waals surface area contributed by atoms with Crippen molar-refractivity contribution in [1.82, 2.24) is 0 Å². The highest BCUT2D eigenvalue weighted by atomic mass is 15.3. The van der Waals surface area contributed by atoms with Crippen molar-refractivity contribution in [3.8, 4) is 0 Å². The summed E-state index contributed by atoms with van der Waals surface area (Å²) >= 11 is 0. The topological polar surface area (TPSA) is 15.3 Å². The normalized spacial score (nSPS) is 14.0. The van der Waals surface area contributed by atoms with E-state index >= 15 is 0 Å². The van der Waals surface area contributed by atoms with Crippen LogP contribution in [0.3, 0.4) is 0 Å². The second kappa shape index (κ2) is 2.31. The van der Waals surface area contributed by atoms with E-state index < -0.39 is 0 Å². The van der Waals surface area contributed by atoms with E-state index in [4.69, 9.17) is 0 Å². The van der Waals surface area contributed by atoms with Crippen LogP contribution in [0.2, 0.25) is 0 Å². The highest BCUT2D eigenvalue weighted by Crippen LogP contribution is 2.30. The summed E-state index contributed by atoms with van der Waals surface area (Å²) in [6.45, 7) is 4.56. The van der Waals surface area contributed by atoms with Crippen LogP contribution < -0.4 is 10.2 Å². The average Bonchev–Trinajstić information content (AvgIpc) is 2.47. The molecule has 0 saturated carbocycles. The van der Waals surface area contributed by atoms with E-state index in [2.05, 4.69) is 28.9 Å². The fourth-order valence-corrected chi connectivity index (χ4v) is 1.29. The van der Waals surface area contributed by atoms with E-state index in [-0.39, 0.29) is 0 Å². The maximum atomic E-state index is 3.73. The molecular weight excluding hydrogens is 136 g/mol. The molecule has 11 heavy (non-hydrogen) atoms. The first-order chi connectivity index (χ1) is 5.42. The molecule has 56 valence electrons. The van der Waals surface area contributed by atoms with Gasteiger partial charge in [-0.05, 0) is 18.3 Å². The highest BCUT2D eigenvalue weighted by Gasteiger charge is 2.13. The minimum absolute atomic E-state index is 0.836. The number of benzene rings is 1. The van der Waals surface area contributed by atoms with Gasteiger partial charge in [-0.1, -0.05) is 18.7 Å². The molecule has 1 aromatic rings. The third-order valence-electron chi connectivity index (χ3n) is 1.87. The van der Waals surface area contributed by atoms with Crippen LogP contribution in [-0.2, 0) is 0 Å². The number of fused-ring (bicyclic) bond motifs is 1. The van der Waals surface area contributed by atoms with E-state index in [1.807, 2.05) is 18.3 Å². The number of anilines is 2. The van der Waals surface area contributed by atoms with Crippen molar-refractivity contribution in [1.29, 1.82) is 0 Å². The maximum Gasteiger partial charge on any atom is 0.0920 e. The Bertz CT molecular complexity index is 281. The Morgan fingerprint density at radius 2 is 2.27 bits per heavy atom. The molecule has 2 rings (SSSR count). The summed E-state index contributed by atoms with van der Waals surface area (Å²) in [5, 5.41) is 3.26. The van der Waals surface area contributed by atoms with E-state index in [9.17, 15) is 0 Å². The van der Waals surface area contributed by atoms with Crippen LogP contribution in [0.25, 0.3) is 0 Å². The minimum Gasteiger partial charge on any atom is -0.366 e. The Balaban J connectivity index is 2.46. The molecule has 0 spiro atoms. The fourth-order valence-electron chi connectivity index (χ4n) is 1.29. The number of nitrogens with one attached hydrogen (secondary N) is 1. The van der Waals surface area contributed by atoms with Gasteiger partial charge in [0, 0.05) is 0 Å². The van der Waals surface area contributed by atoms with Crippen molar-refractivity contribution in [2.75, 3.05) is 16.9 Å². The Hall–Kier alpha value is -1.44. The van der Waals surface area contributed by atoms with Gasteiger partial charge in [-0.3, -0.25) is 0 Å². The molecule has 0 fully saturated rings. The lowest BCUT2D eigenvalue weighted by molar-refractivity contribution is 1.09. The van der Waals surface area contributed by atoms with Gasteiger partial charge in [0.2, 0.25) is 0 Å². The van der Waals surface area contributed by atoms with Gasteiger partial charge in [-0.25, -0.2) is 0 Å². The van der Waals surface area contributed by atoms with Gasteiger partial charge in [0.25, 0.3) is 0 Å². The molecule has 0 amide bonds.